The van der Waals surface area contributed by atoms with Crippen LogP contribution in [0.25, 0.3) is 0 Å². The van der Waals surface area contributed by atoms with Crippen LogP contribution >= 0.6 is 0 Å². The normalized spacial score (nSPS) is 32.9. The monoisotopic (exact) mass is 288 g/mol. The van der Waals surface area contributed by atoms with E-state index in [0.717, 1.165) is 25.9 Å². The third kappa shape index (κ3) is 2.97. The second-order valence-electron chi connectivity index (χ2n) is 6.10. The molecule has 1 N–H and O–H groups in total. The molecular formula is C17H24N2O2. The van der Waals surface area contributed by atoms with Crippen molar-refractivity contribution in [2.45, 2.75) is 57.5 Å². The predicted molar refractivity (Wildman–Crippen MR) is 81.8 cm³/mol. The molecule has 1 amide bonds. The largest absolute Gasteiger partial charge is 0.376 e. The van der Waals surface area contributed by atoms with E-state index < -0.39 is 0 Å². The maximum Gasteiger partial charge on any atom is 0.241 e. The van der Waals surface area contributed by atoms with Crippen LogP contribution in [0.3, 0.4) is 0 Å². The molecule has 0 aromatic heterocycles. The molecule has 4 nitrogen and oxygen atoms in total. The summed E-state index contributed by atoms with van der Waals surface area (Å²) >= 11 is 0. The van der Waals surface area contributed by atoms with Crippen LogP contribution in [0, 0.1) is 0 Å². The number of hydrogen-bond acceptors (Lipinski definition) is 3. The number of benzene rings is 1. The van der Waals surface area contributed by atoms with E-state index in [9.17, 15) is 4.79 Å². The first-order valence-electron chi connectivity index (χ1n) is 7.90. The van der Waals surface area contributed by atoms with E-state index in [4.69, 9.17) is 4.74 Å². The molecule has 2 saturated heterocycles. The highest BCUT2D eigenvalue weighted by Gasteiger charge is 2.43. The summed E-state index contributed by atoms with van der Waals surface area (Å²) < 4.78 is 5.62. The van der Waals surface area contributed by atoms with Gasteiger partial charge in [-0.2, -0.15) is 0 Å². The van der Waals surface area contributed by atoms with Gasteiger partial charge < -0.3 is 9.64 Å². The number of ether oxygens (including phenoxy) is 1. The first-order chi connectivity index (χ1) is 10.2. The number of aryl methyl sites for hydroxylation is 1. The molecule has 2 heterocycles. The van der Waals surface area contributed by atoms with Crippen LogP contribution in [0.5, 0.6) is 0 Å². The van der Waals surface area contributed by atoms with Crippen molar-refractivity contribution in [2.75, 3.05) is 6.61 Å². The first-order valence-corrected chi connectivity index (χ1v) is 7.90. The van der Waals surface area contributed by atoms with Gasteiger partial charge in [0.2, 0.25) is 5.91 Å². The Bertz CT molecular complexity index is 491. The van der Waals surface area contributed by atoms with Crippen LogP contribution in [0.1, 0.15) is 32.3 Å². The molecule has 1 aromatic carbocycles. The zero-order valence-electron chi connectivity index (χ0n) is 12.8. The van der Waals surface area contributed by atoms with E-state index in [1.165, 1.54) is 5.56 Å². The second kappa shape index (κ2) is 6.16. The highest BCUT2D eigenvalue weighted by atomic mass is 16.5. The number of nitrogens with zero attached hydrogens (tertiary/aromatic N) is 1. The van der Waals surface area contributed by atoms with Gasteiger partial charge in [-0.3, -0.25) is 10.1 Å². The number of nitrogens with one attached hydrogen (secondary N) is 1. The maximum absolute atomic E-state index is 12.7. The Labute approximate surface area is 126 Å². The Kier molecular flexibility index (Phi) is 4.27. The number of hydrogen-bond donors (Lipinski definition) is 1. The highest BCUT2D eigenvalue weighted by Crippen LogP contribution is 2.26. The van der Waals surface area contributed by atoms with E-state index in [0.29, 0.717) is 0 Å². The average Bonchev–Trinajstić information content (AvgIpc) is 3.01. The third-order valence-corrected chi connectivity index (χ3v) is 4.67. The lowest BCUT2D eigenvalue weighted by Crippen LogP contribution is -2.46. The fraction of sp³-hybridized carbons (Fsp3) is 0.588. The summed E-state index contributed by atoms with van der Waals surface area (Å²) in [6.07, 6.45) is 2.98. The lowest BCUT2D eigenvalue weighted by molar-refractivity contribution is -0.133. The van der Waals surface area contributed by atoms with Gasteiger partial charge in [-0.05, 0) is 38.7 Å². The topological polar surface area (TPSA) is 41.6 Å². The molecular weight excluding hydrogens is 264 g/mol. The van der Waals surface area contributed by atoms with E-state index in [1.807, 2.05) is 23.1 Å². The Morgan fingerprint density at radius 1 is 1.29 bits per heavy atom. The third-order valence-electron chi connectivity index (χ3n) is 4.67. The molecule has 4 atom stereocenters. The van der Waals surface area contributed by atoms with E-state index in [2.05, 4.69) is 31.3 Å². The van der Waals surface area contributed by atoms with E-state index >= 15 is 0 Å². The minimum Gasteiger partial charge on any atom is -0.376 e. The van der Waals surface area contributed by atoms with Crippen molar-refractivity contribution in [1.29, 1.82) is 0 Å². The van der Waals surface area contributed by atoms with Gasteiger partial charge in [0.15, 0.2) is 0 Å². The smallest absolute Gasteiger partial charge is 0.241 e. The lowest BCUT2D eigenvalue weighted by Gasteiger charge is -2.29. The molecule has 2 aliphatic rings. The Hall–Kier alpha value is -1.39. The van der Waals surface area contributed by atoms with Crippen molar-refractivity contribution in [3.05, 3.63) is 35.9 Å². The van der Waals surface area contributed by atoms with E-state index in [1.54, 1.807) is 0 Å². The molecule has 114 valence electrons. The van der Waals surface area contributed by atoms with Gasteiger partial charge in [-0.25, -0.2) is 0 Å². The first kappa shape index (κ1) is 14.5. The van der Waals surface area contributed by atoms with Gasteiger partial charge in [0.05, 0.1) is 24.4 Å². The van der Waals surface area contributed by atoms with Crippen LogP contribution in [0.4, 0.5) is 0 Å². The van der Waals surface area contributed by atoms with Crippen LogP contribution < -0.4 is 5.32 Å². The van der Waals surface area contributed by atoms with Crippen LogP contribution in [0.2, 0.25) is 0 Å². The molecule has 3 rings (SSSR count). The average molecular weight is 288 g/mol. The number of rotatable bonds is 4. The second-order valence-corrected chi connectivity index (χ2v) is 6.10. The van der Waals surface area contributed by atoms with Gasteiger partial charge in [0.1, 0.15) is 0 Å². The maximum atomic E-state index is 12.7. The minimum atomic E-state index is -0.0620. The molecule has 4 heteroatoms. The highest BCUT2D eigenvalue weighted by molar-refractivity contribution is 5.84. The fourth-order valence-corrected chi connectivity index (χ4v) is 3.51. The molecule has 1 aromatic rings. The molecule has 0 bridgehead atoms. The molecule has 2 aliphatic heterocycles. The van der Waals surface area contributed by atoms with Crippen molar-refractivity contribution in [2.24, 2.45) is 0 Å². The Morgan fingerprint density at radius 2 is 2.05 bits per heavy atom. The zero-order valence-corrected chi connectivity index (χ0v) is 12.8. The van der Waals surface area contributed by atoms with Gasteiger partial charge in [0.25, 0.3) is 0 Å². The summed E-state index contributed by atoms with van der Waals surface area (Å²) in [5.41, 5.74) is 1.29. The van der Waals surface area contributed by atoms with E-state index in [-0.39, 0.29) is 30.3 Å². The summed E-state index contributed by atoms with van der Waals surface area (Å²) in [6, 6.07) is 10.5. The molecule has 2 fully saturated rings. The van der Waals surface area contributed by atoms with Crippen molar-refractivity contribution < 1.29 is 9.53 Å². The quantitative estimate of drug-likeness (QED) is 0.920. The van der Waals surface area contributed by atoms with Crippen LogP contribution in [-0.4, -0.2) is 41.8 Å². The van der Waals surface area contributed by atoms with Crippen LogP contribution in [0.15, 0.2) is 30.3 Å². The summed E-state index contributed by atoms with van der Waals surface area (Å²) in [4.78, 5) is 14.7. The summed E-state index contributed by atoms with van der Waals surface area (Å²) in [5, 5.41) is 3.44. The van der Waals surface area contributed by atoms with Crippen LogP contribution in [-0.2, 0) is 16.0 Å². The summed E-state index contributed by atoms with van der Waals surface area (Å²) in [7, 11) is 0. The molecule has 0 spiro atoms. The fourth-order valence-electron chi connectivity index (χ4n) is 3.51. The van der Waals surface area contributed by atoms with Gasteiger partial charge >= 0.3 is 0 Å². The number of amides is 1. The van der Waals surface area contributed by atoms with Crippen molar-refractivity contribution in [1.82, 2.24) is 10.2 Å². The SMILES string of the molecule is CC1OCCC1N1C(=O)C(CCc2ccccc2)NC1C. The molecule has 4 unspecified atom stereocenters. The molecule has 0 saturated carbocycles. The number of carbonyl (C=O) groups is 1. The van der Waals surface area contributed by atoms with Gasteiger partial charge in [-0.15, -0.1) is 0 Å². The summed E-state index contributed by atoms with van der Waals surface area (Å²) in [5.74, 6) is 0.237. The summed E-state index contributed by atoms with van der Waals surface area (Å²) in [6.45, 7) is 4.90. The lowest BCUT2D eigenvalue weighted by atomic mass is 10.0. The predicted octanol–water partition coefficient (Wildman–Crippen LogP) is 1.94. The van der Waals surface area contributed by atoms with Crippen molar-refractivity contribution >= 4 is 5.91 Å². The molecule has 21 heavy (non-hydrogen) atoms. The Morgan fingerprint density at radius 3 is 2.71 bits per heavy atom. The van der Waals surface area contributed by atoms with Crippen molar-refractivity contribution in [3.8, 4) is 0 Å². The molecule has 0 aliphatic carbocycles. The van der Waals surface area contributed by atoms with Gasteiger partial charge in [-0.1, -0.05) is 30.3 Å². The van der Waals surface area contributed by atoms with Gasteiger partial charge in [0, 0.05) is 6.61 Å². The Balaban J connectivity index is 1.62. The zero-order chi connectivity index (χ0) is 14.8. The molecule has 0 radical (unpaired) electrons. The van der Waals surface area contributed by atoms with Crippen molar-refractivity contribution in [3.63, 3.8) is 0 Å². The minimum absolute atomic E-state index is 0.0620. The number of carbonyl (C=O) groups excluding carboxylic acids is 1. The standard InChI is InChI=1S/C17H24N2O2/c1-12-16(10-11-21-12)19-13(2)18-15(17(19)20)9-8-14-6-4-3-5-7-14/h3-7,12-13,15-16,18H,8-11H2,1-2H3.